The molecule has 4 N–H and O–H groups in total. The number of piperidine rings is 1. The molecule has 1 aliphatic heterocycles. The number of nitrogens with two attached hydrogens (primary N) is 1. The summed E-state index contributed by atoms with van der Waals surface area (Å²) >= 11 is 0. The van der Waals surface area contributed by atoms with Gasteiger partial charge < -0.3 is 20.8 Å². The summed E-state index contributed by atoms with van der Waals surface area (Å²) in [5.74, 6) is -0.0788. The summed E-state index contributed by atoms with van der Waals surface area (Å²) in [6, 6.07) is -0.454. The van der Waals surface area contributed by atoms with E-state index in [1.807, 2.05) is 0 Å². The fourth-order valence-electron chi connectivity index (χ4n) is 1.47. The lowest BCUT2D eigenvalue weighted by Crippen LogP contribution is -2.56. The van der Waals surface area contributed by atoms with Crippen molar-refractivity contribution >= 4 is 6.09 Å². The number of aliphatic hydroxyl groups is 1. The molecular weight excluding hydrogens is 160 g/mol. The Morgan fingerprint density at radius 2 is 2.17 bits per heavy atom. The molecule has 0 bridgehead atoms. The molecule has 0 aliphatic carbocycles. The molecule has 12 heavy (non-hydrogen) atoms. The molecule has 1 heterocycles. The van der Waals surface area contributed by atoms with Gasteiger partial charge >= 0.3 is 6.09 Å². The van der Waals surface area contributed by atoms with Gasteiger partial charge in [-0.25, -0.2) is 4.79 Å². The predicted octanol–water partition coefficient (Wildman–Crippen LogP) is -0.696. The maximum atomic E-state index is 10.5. The Kier molecular flexibility index (Phi) is 2.54. The van der Waals surface area contributed by atoms with E-state index in [4.69, 9.17) is 10.8 Å². The molecule has 0 aromatic heterocycles. The molecule has 0 aromatic rings. The van der Waals surface area contributed by atoms with E-state index in [2.05, 4.69) is 0 Å². The van der Waals surface area contributed by atoms with Gasteiger partial charge in [0, 0.05) is 25.0 Å². The van der Waals surface area contributed by atoms with Gasteiger partial charge in [-0.1, -0.05) is 6.92 Å². The van der Waals surface area contributed by atoms with E-state index in [1.165, 1.54) is 4.90 Å². The molecule has 0 spiro atoms. The van der Waals surface area contributed by atoms with Crippen molar-refractivity contribution in [3.05, 3.63) is 0 Å². The lowest BCUT2D eigenvalue weighted by atomic mass is 9.93. The van der Waals surface area contributed by atoms with Crippen LogP contribution in [0.5, 0.6) is 0 Å². The molecule has 3 unspecified atom stereocenters. The molecule has 5 nitrogen and oxygen atoms in total. The Labute approximate surface area is 70.8 Å². The van der Waals surface area contributed by atoms with Crippen LogP contribution in [-0.2, 0) is 0 Å². The maximum absolute atomic E-state index is 10.5. The number of nitrogens with zero attached hydrogens (tertiary/aromatic N) is 1. The third kappa shape index (κ3) is 1.67. The highest BCUT2D eigenvalue weighted by molar-refractivity contribution is 5.65. The van der Waals surface area contributed by atoms with E-state index in [1.54, 1.807) is 6.92 Å². The number of hydrogen-bond acceptors (Lipinski definition) is 3. The molecular formula is C7H14N2O3. The smallest absolute Gasteiger partial charge is 0.407 e. The fourth-order valence-corrected chi connectivity index (χ4v) is 1.47. The molecule has 1 fully saturated rings. The number of amides is 1. The topological polar surface area (TPSA) is 86.8 Å². The fraction of sp³-hybridized carbons (Fsp3) is 0.857. The molecule has 1 amide bonds. The van der Waals surface area contributed by atoms with Gasteiger partial charge in [0.1, 0.15) is 0 Å². The molecule has 3 atom stereocenters. The van der Waals surface area contributed by atoms with Crippen molar-refractivity contribution in [3.8, 4) is 0 Å². The van der Waals surface area contributed by atoms with Crippen LogP contribution < -0.4 is 5.73 Å². The highest BCUT2D eigenvalue weighted by atomic mass is 16.4. The summed E-state index contributed by atoms with van der Waals surface area (Å²) in [5.41, 5.74) is 5.54. The van der Waals surface area contributed by atoms with Crippen molar-refractivity contribution in [3.63, 3.8) is 0 Å². The van der Waals surface area contributed by atoms with Gasteiger partial charge in [0.25, 0.3) is 0 Å². The summed E-state index contributed by atoms with van der Waals surface area (Å²) in [6.45, 7) is 2.38. The van der Waals surface area contributed by atoms with Gasteiger partial charge in [0.2, 0.25) is 0 Å². The van der Waals surface area contributed by atoms with Crippen LogP contribution in [0, 0.1) is 5.92 Å². The zero-order valence-corrected chi connectivity index (χ0v) is 6.97. The Morgan fingerprint density at radius 1 is 1.58 bits per heavy atom. The summed E-state index contributed by atoms with van der Waals surface area (Å²) in [4.78, 5) is 11.8. The SMILES string of the molecule is CC1CN(C(=O)O)CC(N)C1O. The van der Waals surface area contributed by atoms with Crippen molar-refractivity contribution in [2.24, 2.45) is 11.7 Å². The van der Waals surface area contributed by atoms with Crippen molar-refractivity contribution in [1.29, 1.82) is 0 Å². The third-order valence-electron chi connectivity index (χ3n) is 2.23. The number of likely N-dealkylation sites (tertiary alicyclic amines) is 1. The van der Waals surface area contributed by atoms with Gasteiger partial charge in [0.15, 0.2) is 0 Å². The molecule has 1 saturated heterocycles. The minimum atomic E-state index is -0.968. The van der Waals surface area contributed by atoms with E-state index >= 15 is 0 Å². The van der Waals surface area contributed by atoms with E-state index < -0.39 is 18.2 Å². The first-order chi connectivity index (χ1) is 5.52. The largest absolute Gasteiger partial charge is 0.465 e. The highest BCUT2D eigenvalue weighted by Crippen LogP contribution is 2.15. The quantitative estimate of drug-likeness (QED) is 0.453. The minimum absolute atomic E-state index is 0.0788. The number of carbonyl (C=O) groups is 1. The van der Waals surface area contributed by atoms with Gasteiger partial charge in [-0.3, -0.25) is 0 Å². The van der Waals surface area contributed by atoms with Gasteiger partial charge in [0.05, 0.1) is 6.10 Å². The summed E-state index contributed by atoms with van der Waals surface area (Å²) in [7, 11) is 0. The van der Waals surface area contributed by atoms with E-state index in [0.29, 0.717) is 6.54 Å². The van der Waals surface area contributed by atoms with Crippen LogP contribution in [0.2, 0.25) is 0 Å². The molecule has 0 radical (unpaired) electrons. The molecule has 70 valence electrons. The second-order valence-electron chi connectivity index (χ2n) is 3.32. The van der Waals surface area contributed by atoms with Crippen molar-refractivity contribution in [1.82, 2.24) is 4.90 Å². The standard InChI is InChI=1S/C7H14N2O3/c1-4-2-9(7(11)12)3-5(8)6(4)10/h4-6,10H,2-3,8H2,1H3,(H,11,12). The van der Waals surface area contributed by atoms with Crippen molar-refractivity contribution in [2.45, 2.75) is 19.1 Å². The minimum Gasteiger partial charge on any atom is -0.465 e. The van der Waals surface area contributed by atoms with Gasteiger partial charge in [-0.15, -0.1) is 0 Å². The Hall–Kier alpha value is -0.810. The molecule has 0 saturated carbocycles. The van der Waals surface area contributed by atoms with Crippen LogP contribution in [-0.4, -0.2) is 46.4 Å². The second kappa shape index (κ2) is 3.28. The Morgan fingerprint density at radius 3 is 2.58 bits per heavy atom. The number of aliphatic hydroxyl groups excluding tert-OH is 1. The van der Waals surface area contributed by atoms with Gasteiger partial charge in [-0.05, 0) is 0 Å². The average Bonchev–Trinajstić information content (AvgIpc) is 1.99. The van der Waals surface area contributed by atoms with E-state index in [9.17, 15) is 9.90 Å². The number of rotatable bonds is 0. The first-order valence-electron chi connectivity index (χ1n) is 3.94. The highest BCUT2D eigenvalue weighted by Gasteiger charge is 2.32. The number of carboxylic acid groups (broad SMARTS) is 1. The first kappa shape index (κ1) is 9.28. The van der Waals surface area contributed by atoms with Crippen LogP contribution >= 0.6 is 0 Å². The first-order valence-corrected chi connectivity index (χ1v) is 3.94. The van der Waals surface area contributed by atoms with E-state index in [-0.39, 0.29) is 12.5 Å². The van der Waals surface area contributed by atoms with Crippen molar-refractivity contribution < 1.29 is 15.0 Å². The lowest BCUT2D eigenvalue weighted by Gasteiger charge is -2.36. The van der Waals surface area contributed by atoms with E-state index in [0.717, 1.165) is 0 Å². The van der Waals surface area contributed by atoms with Crippen molar-refractivity contribution in [2.75, 3.05) is 13.1 Å². The Bertz CT molecular complexity index is 173. The lowest BCUT2D eigenvalue weighted by molar-refractivity contribution is 0.0210. The number of hydrogen-bond donors (Lipinski definition) is 3. The normalized spacial score (nSPS) is 36.6. The second-order valence-corrected chi connectivity index (χ2v) is 3.32. The van der Waals surface area contributed by atoms with Crippen LogP contribution in [0.3, 0.4) is 0 Å². The van der Waals surface area contributed by atoms with Crippen LogP contribution in [0.1, 0.15) is 6.92 Å². The average molecular weight is 174 g/mol. The third-order valence-corrected chi connectivity index (χ3v) is 2.23. The Balaban J connectivity index is 2.59. The zero-order chi connectivity index (χ0) is 9.30. The summed E-state index contributed by atoms with van der Waals surface area (Å²) in [6.07, 6.45) is -1.55. The predicted molar refractivity (Wildman–Crippen MR) is 42.7 cm³/mol. The summed E-state index contributed by atoms with van der Waals surface area (Å²) in [5, 5.41) is 18.0. The van der Waals surface area contributed by atoms with Gasteiger partial charge in [-0.2, -0.15) is 0 Å². The zero-order valence-electron chi connectivity index (χ0n) is 6.97. The monoisotopic (exact) mass is 174 g/mol. The molecule has 5 heteroatoms. The molecule has 0 aromatic carbocycles. The van der Waals surface area contributed by atoms with Crippen LogP contribution in [0.25, 0.3) is 0 Å². The molecule has 1 aliphatic rings. The maximum Gasteiger partial charge on any atom is 0.407 e. The van der Waals surface area contributed by atoms with Crippen LogP contribution in [0.4, 0.5) is 4.79 Å². The van der Waals surface area contributed by atoms with Crippen LogP contribution in [0.15, 0.2) is 0 Å². The molecule has 1 rings (SSSR count). The summed E-state index contributed by atoms with van der Waals surface area (Å²) < 4.78 is 0.